The van der Waals surface area contributed by atoms with Crippen LogP contribution in [0.3, 0.4) is 0 Å². The minimum atomic E-state index is -0.594. The molecule has 29 heavy (non-hydrogen) atoms. The van der Waals surface area contributed by atoms with Crippen molar-refractivity contribution in [3.8, 4) is 5.75 Å². The first-order chi connectivity index (χ1) is 14.0. The minimum Gasteiger partial charge on any atom is -0.494 e. The second-order valence-electron chi connectivity index (χ2n) is 7.80. The molecule has 2 amide bonds. The van der Waals surface area contributed by atoms with E-state index >= 15 is 0 Å². The van der Waals surface area contributed by atoms with Crippen LogP contribution in [-0.2, 0) is 11.2 Å². The minimum absolute atomic E-state index is 0.00363. The lowest BCUT2D eigenvalue weighted by atomic mass is 9.87. The van der Waals surface area contributed by atoms with E-state index in [1.54, 1.807) is 24.3 Å². The zero-order valence-corrected chi connectivity index (χ0v) is 17.4. The summed E-state index contributed by atoms with van der Waals surface area (Å²) in [6.07, 6.45) is 3.01. The zero-order valence-electron chi connectivity index (χ0n) is 17.4. The van der Waals surface area contributed by atoms with Gasteiger partial charge in [-0.15, -0.1) is 0 Å². The first-order valence-electron chi connectivity index (χ1n) is 10.4. The van der Waals surface area contributed by atoms with Crippen molar-refractivity contribution < 1.29 is 14.3 Å². The molecule has 2 N–H and O–H groups in total. The molecule has 154 valence electrons. The highest BCUT2D eigenvalue weighted by Gasteiger charge is 2.28. The molecule has 0 spiro atoms. The van der Waals surface area contributed by atoms with Gasteiger partial charge >= 0.3 is 0 Å². The van der Waals surface area contributed by atoms with Crippen LogP contribution in [0.4, 0.5) is 0 Å². The molecule has 0 aromatic heterocycles. The molecular weight excluding hydrogens is 364 g/mol. The molecule has 2 aromatic rings. The highest BCUT2D eigenvalue weighted by Crippen LogP contribution is 2.29. The van der Waals surface area contributed by atoms with Crippen molar-refractivity contribution in [2.75, 3.05) is 6.61 Å². The van der Waals surface area contributed by atoms with Gasteiger partial charge in [-0.05, 0) is 67.5 Å². The molecule has 1 aliphatic carbocycles. The molecule has 5 heteroatoms. The third kappa shape index (κ3) is 5.17. The number of aryl methyl sites for hydroxylation is 1. The third-order valence-corrected chi connectivity index (χ3v) is 5.35. The van der Waals surface area contributed by atoms with Crippen LogP contribution >= 0.6 is 0 Å². The van der Waals surface area contributed by atoms with Crippen LogP contribution in [0, 0.1) is 5.92 Å². The number of benzene rings is 2. The summed E-state index contributed by atoms with van der Waals surface area (Å²) in [6, 6.07) is 14.6. The number of carbonyl (C=O) groups is 2. The van der Waals surface area contributed by atoms with E-state index in [1.807, 2.05) is 32.9 Å². The monoisotopic (exact) mass is 394 g/mol. The van der Waals surface area contributed by atoms with E-state index in [2.05, 4.69) is 22.8 Å². The quantitative estimate of drug-likeness (QED) is 0.745. The number of fused-ring (bicyclic) bond motifs is 1. The van der Waals surface area contributed by atoms with Crippen LogP contribution in [0.15, 0.2) is 48.5 Å². The largest absolute Gasteiger partial charge is 0.494 e. The molecule has 1 unspecified atom stereocenters. The highest BCUT2D eigenvalue weighted by molar-refractivity contribution is 5.97. The summed E-state index contributed by atoms with van der Waals surface area (Å²) in [7, 11) is 0. The fraction of sp³-hybridized carbons (Fsp3) is 0.417. The Morgan fingerprint density at radius 2 is 1.83 bits per heavy atom. The van der Waals surface area contributed by atoms with E-state index in [4.69, 9.17) is 4.74 Å². The first-order valence-corrected chi connectivity index (χ1v) is 10.4. The normalized spacial score (nSPS) is 16.6. The maximum Gasteiger partial charge on any atom is 0.251 e. The van der Waals surface area contributed by atoms with Gasteiger partial charge in [0.25, 0.3) is 5.91 Å². The summed E-state index contributed by atoms with van der Waals surface area (Å²) in [4.78, 5) is 25.7. The Morgan fingerprint density at radius 3 is 2.52 bits per heavy atom. The average molecular weight is 395 g/mol. The SMILES string of the molecule is CCOc1ccc(C(=O)N[C@H](C(=O)NC2CCCc3ccccc32)C(C)C)cc1. The fourth-order valence-corrected chi connectivity index (χ4v) is 3.79. The Hall–Kier alpha value is -2.82. The van der Waals surface area contributed by atoms with E-state index in [0.29, 0.717) is 12.2 Å². The van der Waals surface area contributed by atoms with Crippen LogP contribution < -0.4 is 15.4 Å². The van der Waals surface area contributed by atoms with Gasteiger partial charge in [-0.3, -0.25) is 9.59 Å². The summed E-state index contributed by atoms with van der Waals surface area (Å²) >= 11 is 0. The van der Waals surface area contributed by atoms with E-state index in [-0.39, 0.29) is 23.8 Å². The number of nitrogens with one attached hydrogen (secondary N) is 2. The Balaban J connectivity index is 1.68. The van der Waals surface area contributed by atoms with Gasteiger partial charge in [-0.25, -0.2) is 0 Å². The number of rotatable bonds is 7. The number of amides is 2. The van der Waals surface area contributed by atoms with Crippen molar-refractivity contribution in [2.24, 2.45) is 5.92 Å². The summed E-state index contributed by atoms with van der Waals surface area (Å²) in [5, 5.41) is 6.07. The topological polar surface area (TPSA) is 67.4 Å². The van der Waals surface area contributed by atoms with Gasteiger partial charge in [0.2, 0.25) is 5.91 Å². The third-order valence-electron chi connectivity index (χ3n) is 5.35. The van der Waals surface area contributed by atoms with Gasteiger partial charge in [0.1, 0.15) is 11.8 Å². The second-order valence-corrected chi connectivity index (χ2v) is 7.80. The van der Waals surface area contributed by atoms with Crippen molar-refractivity contribution in [3.63, 3.8) is 0 Å². The molecule has 0 radical (unpaired) electrons. The Labute approximate surface area is 172 Å². The van der Waals surface area contributed by atoms with Crippen LogP contribution in [0.1, 0.15) is 61.1 Å². The molecule has 3 rings (SSSR count). The molecule has 2 atom stereocenters. The molecule has 0 bridgehead atoms. The molecule has 0 heterocycles. The van der Waals surface area contributed by atoms with Crippen LogP contribution in [0.2, 0.25) is 0 Å². The molecule has 0 aliphatic heterocycles. The van der Waals surface area contributed by atoms with Crippen molar-refractivity contribution in [1.29, 1.82) is 0 Å². The Kier molecular flexibility index (Phi) is 6.91. The molecule has 1 aliphatic rings. The summed E-state index contributed by atoms with van der Waals surface area (Å²) < 4.78 is 5.42. The molecule has 2 aromatic carbocycles. The van der Waals surface area contributed by atoms with Gasteiger partial charge < -0.3 is 15.4 Å². The molecular formula is C24H30N2O3. The van der Waals surface area contributed by atoms with Crippen LogP contribution in [0.25, 0.3) is 0 Å². The maximum atomic E-state index is 13.0. The van der Waals surface area contributed by atoms with Crippen molar-refractivity contribution >= 4 is 11.8 Å². The molecule has 0 saturated carbocycles. The standard InChI is InChI=1S/C24H30N2O3/c1-4-29-19-14-12-18(13-15-19)23(27)26-22(16(2)3)24(28)25-21-11-7-9-17-8-5-6-10-20(17)21/h5-6,8,10,12-16,21-22H,4,7,9,11H2,1-3H3,(H,25,28)(H,26,27)/t21?,22-/m0/s1. The van der Waals surface area contributed by atoms with Crippen LogP contribution in [-0.4, -0.2) is 24.5 Å². The molecule has 0 fully saturated rings. The highest BCUT2D eigenvalue weighted by atomic mass is 16.5. The maximum absolute atomic E-state index is 13.0. The second kappa shape index (κ2) is 9.59. The first kappa shape index (κ1) is 20.9. The van der Waals surface area contributed by atoms with E-state index in [1.165, 1.54) is 11.1 Å². The van der Waals surface area contributed by atoms with Crippen molar-refractivity contribution in [1.82, 2.24) is 10.6 Å². The number of hydrogen-bond donors (Lipinski definition) is 2. The van der Waals surface area contributed by atoms with Crippen LogP contribution in [0.5, 0.6) is 5.75 Å². The van der Waals surface area contributed by atoms with E-state index in [9.17, 15) is 9.59 Å². The van der Waals surface area contributed by atoms with Gasteiger partial charge in [0.05, 0.1) is 12.6 Å². The molecule has 0 saturated heterocycles. The zero-order chi connectivity index (χ0) is 20.8. The molecule has 5 nitrogen and oxygen atoms in total. The Morgan fingerprint density at radius 1 is 1.10 bits per heavy atom. The van der Waals surface area contributed by atoms with E-state index < -0.39 is 6.04 Å². The van der Waals surface area contributed by atoms with Crippen molar-refractivity contribution in [3.05, 3.63) is 65.2 Å². The summed E-state index contributed by atoms with van der Waals surface area (Å²) in [6.45, 7) is 6.37. The number of hydrogen-bond acceptors (Lipinski definition) is 3. The van der Waals surface area contributed by atoms with Gasteiger partial charge in [0, 0.05) is 5.56 Å². The lowest BCUT2D eigenvalue weighted by molar-refractivity contribution is -0.124. The predicted molar refractivity (Wildman–Crippen MR) is 114 cm³/mol. The fourth-order valence-electron chi connectivity index (χ4n) is 3.79. The lowest BCUT2D eigenvalue weighted by Crippen LogP contribution is -2.50. The smallest absolute Gasteiger partial charge is 0.251 e. The summed E-state index contributed by atoms with van der Waals surface area (Å²) in [5.41, 5.74) is 2.99. The van der Waals surface area contributed by atoms with Gasteiger partial charge in [-0.2, -0.15) is 0 Å². The summed E-state index contributed by atoms with van der Waals surface area (Å²) in [5.74, 6) is 0.297. The number of carbonyl (C=O) groups excluding carboxylic acids is 2. The Bertz CT molecular complexity index is 845. The van der Waals surface area contributed by atoms with E-state index in [0.717, 1.165) is 25.0 Å². The lowest BCUT2D eigenvalue weighted by Gasteiger charge is -2.29. The predicted octanol–water partition coefficient (Wildman–Crippen LogP) is 4.03. The average Bonchev–Trinajstić information content (AvgIpc) is 2.72. The number of ether oxygens (including phenoxy) is 1. The van der Waals surface area contributed by atoms with Gasteiger partial charge in [0.15, 0.2) is 0 Å². The van der Waals surface area contributed by atoms with Crippen molar-refractivity contribution in [2.45, 2.75) is 52.1 Å². The van der Waals surface area contributed by atoms with Gasteiger partial charge in [-0.1, -0.05) is 38.1 Å².